The maximum atomic E-state index is 11.8. The largest absolute Gasteiger partial charge is 0.392 e. The number of ether oxygens (including phenoxy) is 1. The van der Waals surface area contributed by atoms with E-state index in [9.17, 15) is 4.79 Å². The molecule has 5 nitrogen and oxygen atoms in total. The Kier molecular flexibility index (Phi) is 5.73. The highest BCUT2D eigenvalue weighted by atomic mass is 16.5. The fourth-order valence-corrected chi connectivity index (χ4v) is 1.72. The van der Waals surface area contributed by atoms with Crippen molar-refractivity contribution in [3.63, 3.8) is 0 Å². The molecular formula is C11H22N2O3. The second kappa shape index (κ2) is 6.83. The SMILES string of the molecule is CCCNC1COCC1C(=O)NCC(C)O. The van der Waals surface area contributed by atoms with Crippen LogP contribution in [0, 0.1) is 5.92 Å². The Morgan fingerprint density at radius 2 is 2.31 bits per heavy atom. The van der Waals surface area contributed by atoms with Gasteiger partial charge in [-0.15, -0.1) is 0 Å². The van der Waals surface area contributed by atoms with E-state index in [1.807, 2.05) is 0 Å². The van der Waals surface area contributed by atoms with Gasteiger partial charge >= 0.3 is 0 Å². The van der Waals surface area contributed by atoms with Crippen molar-refractivity contribution in [3.8, 4) is 0 Å². The molecule has 0 radical (unpaired) electrons. The van der Waals surface area contributed by atoms with Gasteiger partial charge in [0.1, 0.15) is 0 Å². The van der Waals surface area contributed by atoms with Gasteiger partial charge in [-0.1, -0.05) is 6.92 Å². The molecule has 0 aromatic heterocycles. The molecule has 16 heavy (non-hydrogen) atoms. The first-order chi connectivity index (χ1) is 7.65. The fraction of sp³-hybridized carbons (Fsp3) is 0.909. The molecule has 3 unspecified atom stereocenters. The third-order valence-electron chi connectivity index (χ3n) is 2.65. The van der Waals surface area contributed by atoms with Crippen LogP contribution >= 0.6 is 0 Å². The minimum atomic E-state index is -0.506. The van der Waals surface area contributed by atoms with Gasteiger partial charge in [0.2, 0.25) is 5.91 Å². The summed E-state index contributed by atoms with van der Waals surface area (Å²) in [6, 6.07) is 0.106. The number of carbonyl (C=O) groups is 1. The van der Waals surface area contributed by atoms with Crippen LogP contribution in [0.15, 0.2) is 0 Å². The number of nitrogens with one attached hydrogen (secondary N) is 2. The van der Waals surface area contributed by atoms with Crippen molar-refractivity contribution < 1.29 is 14.6 Å². The predicted molar refractivity (Wildman–Crippen MR) is 61.1 cm³/mol. The third-order valence-corrected chi connectivity index (χ3v) is 2.65. The fourth-order valence-electron chi connectivity index (χ4n) is 1.72. The molecule has 5 heteroatoms. The molecule has 1 saturated heterocycles. The lowest BCUT2D eigenvalue weighted by atomic mass is 10.0. The number of carbonyl (C=O) groups excluding carboxylic acids is 1. The molecule has 3 N–H and O–H groups in total. The molecule has 1 aliphatic heterocycles. The number of amides is 1. The van der Waals surface area contributed by atoms with Crippen molar-refractivity contribution in [2.45, 2.75) is 32.4 Å². The first kappa shape index (κ1) is 13.4. The van der Waals surface area contributed by atoms with Crippen LogP contribution in [-0.4, -0.2) is 49.5 Å². The highest BCUT2D eigenvalue weighted by molar-refractivity contribution is 5.79. The maximum absolute atomic E-state index is 11.8. The predicted octanol–water partition coefficient (Wildman–Crippen LogP) is -0.502. The quantitative estimate of drug-likeness (QED) is 0.575. The molecule has 1 fully saturated rings. The molecule has 0 aromatic carbocycles. The van der Waals surface area contributed by atoms with Crippen LogP contribution in [0.2, 0.25) is 0 Å². The van der Waals surface area contributed by atoms with E-state index in [-0.39, 0.29) is 17.9 Å². The van der Waals surface area contributed by atoms with Gasteiger partial charge in [0.25, 0.3) is 0 Å². The summed E-state index contributed by atoms with van der Waals surface area (Å²) in [5.74, 6) is -0.169. The Hall–Kier alpha value is -0.650. The van der Waals surface area contributed by atoms with Gasteiger partial charge in [-0.25, -0.2) is 0 Å². The summed E-state index contributed by atoms with van der Waals surface area (Å²) in [6.07, 6.45) is 0.534. The summed E-state index contributed by atoms with van der Waals surface area (Å²) < 4.78 is 5.31. The Morgan fingerprint density at radius 1 is 1.56 bits per heavy atom. The highest BCUT2D eigenvalue weighted by Gasteiger charge is 2.33. The summed E-state index contributed by atoms with van der Waals surface area (Å²) in [5.41, 5.74) is 0. The van der Waals surface area contributed by atoms with Gasteiger partial charge < -0.3 is 20.5 Å². The molecular weight excluding hydrogens is 208 g/mol. The molecule has 1 rings (SSSR count). The average Bonchev–Trinajstić information content (AvgIpc) is 2.71. The summed E-state index contributed by atoms with van der Waals surface area (Å²) in [7, 11) is 0. The van der Waals surface area contributed by atoms with E-state index >= 15 is 0 Å². The Bertz CT molecular complexity index is 221. The smallest absolute Gasteiger partial charge is 0.227 e. The standard InChI is InChI=1S/C11H22N2O3/c1-3-4-12-10-7-16-6-9(10)11(15)13-5-8(2)14/h8-10,12,14H,3-7H2,1-2H3,(H,13,15). The number of aliphatic hydroxyl groups is 1. The van der Waals surface area contributed by atoms with Gasteiger partial charge in [0.05, 0.1) is 25.2 Å². The lowest BCUT2D eigenvalue weighted by Gasteiger charge is -2.18. The van der Waals surface area contributed by atoms with E-state index in [4.69, 9.17) is 9.84 Å². The number of rotatable bonds is 6. The molecule has 0 bridgehead atoms. The van der Waals surface area contributed by atoms with E-state index in [2.05, 4.69) is 17.6 Å². The summed E-state index contributed by atoms with van der Waals surface area (Å²) in [6.45, 7) is 5.99. The van der Waals surface area contributed by atoms with Crippen molar-refractivity contribution in [2.24, 2.45) is 5.92 Å². The topological polar surface area (TPSA) is 70.6 Å². The first-order valence-corrected chi connectivity index (χ1v) is 5.92. The van der Waals surface area contributed by atoms with Crippen molar-refractivity contribution in [3.05, 3.63) is 0 Å². The number of hydrogen-bond acceptors (Lipinski definition) is 4. The molecule has 1 heterocycles. The van der Waals surface area contributed by atoms with Crippen LogP contribution in [0.4, 0.5) is 0 Å². The first-order valence-electron chi connectivity index (χ1n) is 5.92. The normalized spacial score (nSPS) is 26.7. The highest BCUT2D eigenvalue weighted by Crippen LogP contribution is 2.13. The zero-order valence-electron chi connectivity index (χ0n) is 10.0. The zero-order chi connectivity index (χ0) is 12.0. The van der Waals surface area contributed by atoms with Gasteiger partial charge in [0.15, 0.2) is 0 Å². The molecule has 94 valence electrons. The van der Waals surface area contributed by atoms with Gasteiger partial charge in [0, 0.05) is 12.6 Å². The van der Waals surface area contributed by atoms with Gasteiger partial charge in [-0.2, -0.15) is 0 Å². The number of hydrogen-bond donors (Lipinski definition) is 3. The van der Waals surface area contributed by atoms with E-state index in [0.29, 0.717) is 19.8 Å². The molecule has 1 amide bonds. The van der Waals surface area contributed by atoms with Crippen LogP contribution in [0.1, 0.15) is 20.3 Å². The maximum Gasteiger partial charge on any atom is 0.227 e. The zero-order valence-corrected chi connectivity index (χ0v) is 10.0. The minimum absolute atomic E-state index is 0.0352. The minimum Gasteiger partial charge on any atom is -0.392 e. The molecule has 0 aromatic rings. The summed E-state index contributed by atoms with van der Waals surface area (Å²) in [4.78, 5) is 11.8. The Balaban J connectivity index is 2.35. The Morgan fingerprint density at radius 3 is 2.94 bits per heavy atom. The van der Waals surface area contributed by atoms with Crippen molar-refractivity contribution in [1.82, 2.24) is 10.6 Å². The lowest BCUT2D eigenvalue weighted by Crippen LogP contribution is -2.45. The molecule has 3 atom stereocenters. The van der Waals surface area contributed by atoms with Crippen molar-refractivity contribution >= 4 is 5.91 Å². The molecule has 0 saturated carbocycles. The molecule has 0 spiro atoms. The van der Waals surface area contributed by atoms with E-state index in [0.717, 1.165) is 13.0 Å². The van der Waals surface area contributed by atoms with Crippen LogP contribution in [0.25, 0.3) is 0 Å². The van der Waals surface area contributed by atoms with Crippen molar-refractivity contribution in [1.29, 1.82) is 0 Å². The number of aliphatic hydroxyl groups excluding tert-OH is 1. The third kappa shape index (κ3) is 4.08. The average molecular weight is 230 g/mol. The second-order valence-corrected chi connectivity index (χ2v) is 4.30. The van der Waals surface area contributed by atoms with E-state index < -0.39 is 6.10 Å². The molecule has 1 aliphatic rings. The summed E-state index contributed by atoms with van der Waals surface area (Å²) >= 11 is 0. The lowest BCUT2D eigenvalue weighted by molar-refractivity contribution is -0.125. The summed E-state index contributed by atoms with van der Waals surface area (Å²) in [5, 5.41) is 15.1. The van der Waals surface area contributed by atoms with Gasteiger partial charge in [-0.05, 0) is 19.9 Å². The monoisotopic (exact) mass is 230 g/mol. The Labute approximate surface area is 96.6 Å². The van der Waals surface area contributed by atoms with Crippen LogP contribution in [-0.2, 0) is 9.53 Å². The van der Waals surface area contributed by atoms with Crippen LogP contribution < -0.4 is 10.6 Å². The van der Waals surface area contributed by atoms with Crippen LogP contribution in [0.5, 0.6) is 0 Å². The van der Waals surface area contributed by atoms with E-state index in [1.165, 1.54) is 0 Å². The van der Waals surface area contributed by atoms with Crippen molar-refractivity contribution in [2.75, 3.05) is 26.3 Å². The van der Waals surface area contributed by atoms with Crippen LogP contribution in [0.3, 0.4) is 0 Å². The van der Waals surface area contributed by atoms with Gasteiger partial charge in [-0.3, -0.25) is 4.79 Å². The second-order valence-electron chi connectivity index (χ2n) is 4.30. The molecule has 0 aliphatic carbocycles. The van der Waals surface area contributed by atoms with E-state index in [1.54, 1.807) is 6.92 Å².